The second-order valence-corrected chi connectivity index (χ2v) is 7.84. The molecule has 0 spiro atoms. The Hall–Kier alpha value is -2.78. The van der Waals surface area contributed by atoms with Gasteiger partial charge in [0.2, 0.25) is 0 Å². The molecule has 0 radical (unpaired) electrons. The van der Waals surface area contributed by atoms with Gasteiger partial charge in [0.05, 0.1) is 11.8 Å². The van der Waals surface area contributed by atoms with Crippen molar-refractivity contribution in [1.82, 2.24) is 25.1 Å². The molecule has 0 bridgehead atoms. The number of para-hydroxylation sites is 1. The average molecular weight is 428 g/mol. The van der Waals surface area contributed by atoms with E-state index in [-0.39, 0.29) is 17.8 Å². The van der Waals surface area contributed by atoms with Crippen LogP contribution in [0.2, 0.25) is 0 Å². The van der Waals surface area contributed by atoms with E-state index in [4.69, 9.17) is 4.74 Å². The van der Waals surface area contributed by atoms with Crippen LogP contribution in [0.3, 0.4) is 0 Å². The number of benzene rings is 1. The van der Waals surface area contributed by atoms with Crippen LogP contribution >= 0.6 is 11.8 Å². The fourth-order valence-electron chi connectivity index (χ4n) is 3.25. The van der Waals surface area contributed by atoms with Gasteiger partial charge in [-0.15, -0.1) is 10.2 Å². The van der Waals surface area contributed by atoms with Crippen LogP contribution in [0.5, 0.6) is 0 Å². The quantitative estimate of drug-likeness (QED) is 0.557. The fraction of sp³-hybridized carbons (Fsp3) is 0.333. The molecular formula is C21H22FN5O2S. The molecule has 156 valence electrons. The maximum atomic E-state index is 14.5. The lowest BCUT2D eigenvalue weighted by Gasteiger charge is -2.13. The monoisotopic (exact) mass is 427 g/mol. The summed E-state index contributed by atoms with van der Waals surface area (Å²) >= 11 is 1.51. The first kappa shape index (κ1) is 20.5. The summed E-state index contributed by atoms with van der Waals surface area (Å²) in [6, 6.07) is 11.7. The number of halogens is 1. The number of ether oxygens (including phenoxy) is 1. The van der Waals surface area contributed by atoms with Crippen molar-refractivity contribution >= 4 is 17.7 Å². The van der Waals surface area contributed by atoms with Gasteiger partial charge in [-0.3, -0.25) is 14.3 Å². The minimum Gasteiger partial charge on any atom is -0.377 e. The van der Waals surface area contributed by atoms with Crippen LogP contribution in [0, 0.1) is 5.82 Å². The lowest BCUT2D eigenvalue weighted by atomic mass is 10.3. The van der Waals surface area contributed by atoms with Crippen molar-refractivity contribution < 1.29 is 13.9 Å². The van der Waals surface area contributed by atoms with Gasteiger partial charge in [-0.25, -0.2) is 4.39 Å². The predicted octanol–water partition coefficient (Wildman–Crippen LogP) is 3.05. The summed E-state index contributed by atoms with van der Waals surface area (Å²) in [7, 11) is 0. The van der Waals surface area contributed by atoms with E-state index in [9.17, 15) is 9.18 Å². The van der Waals surface area contributed by atoms with Crippen molar-refractivity contribution in [2.75, 3.05) is 18.9 Å². The highest BCUT2D eigenvalue weighted by atomic mass is 32.2. The van der Waals surface area contributed by atoms with Crippen LogP contribution in [0.15, 0.2) is 53.8 Å². The summed E-state index contributed by atoms with van der Waals surface area (Å²) < 4.78 is 21.9. The largest absolute Gasteiger partial charge is 0.377 e. The van der Waals surface area contributed by atoms with Gasteiger partial charge in [-0.2, -0.15) is 0 Å². The number of aromatic nitrogens is 4. The Morgan fingerprint density at radius 2 is 2.10 bits per heavy atom. The number of nitrogens with one attached hydrogen (secondary N) is 1. The van der Waals surface area contributed by atoms with Crippen molar-refractivity contribution in [3.63, 3.8) is 0 Å². The first-order valence-corrected chi connectivity index (χ1v) is 10.8. The Kier molecular flexibility index (Phi) is 6.70. The van der Waals surface area contributed by atoms with Gasteiger partial charge in [-0.05, 0) is 37.1 Å². The maximum absolute atomic E-state index is 14.5. The summed E-state index contributed by atoms with van der Waals surface area (Å²) in [6.07, 6.45) is 4.24. The topological polar surface area (TPSA) is 81.9 Å². The standard InChI is InChI=1S/C21H22FN5O2S/c22-16-7-1-2-9-18(16)27-19(10-12-24-20(28)17-8-3-4-11-23-17)25-26-21(27)30-14-15-6-5-13-29-15/h1-4,7-9,11,15H,5-6,10,12-14H2,(H,24,28)/t15-/m0/s1. The average Bonchev–Trinajstić information content (AvgIpc) is 3.43. The third-order valence-electron chi connectivity index (χ3n) is 4.75. The highest BCUT2D eigenvalue weighted by molar-refractivity contribution is 7.99. The number of rotatable bonds is 8. The summed E-state index contributed by atoms with van der Waals surface area (Å²) in [6.45, 7) is 1.12. The van der Waals surface area contributed by atoms with Gasteiger partial charge in [-0.1, -0.05) is 30.0 Å². The number of hydrogen-bond donors (Lipinski definition) is 1. The van der Waals surface area contributed by atoms with E-state index in [0.717, 1.165) is 25.2 Å². The van der Waals surface area contributed by atoms with Crippen LogP contribution in [-0.4, -0.2) is 50.7 Å². The van der Waals surface area contributed by atoms with Gasteiger partial charge in [0, 0.05) is 31.5 Å². The predicted molar refractivity (Wildman–Crippen MR) is 111 cm³/mol. The first-order chi connectivity index (χ1) is 14.7. The summed E-state index contributed by atoms with van der Waals surface area (Å²) in [5.41, 5.74) is 0.740. The van der Waals surface area contributed by atoms with Crippen LogP contribution in [0.25, 0.3) is 5.69 Å². The zero-order valence-electron chi connectivity index (χ0n) is 16.3. The van der Waals surface area contributed by atoms with Crippen molar-refractivity contribution in [1.29, 1.82) is 0 Å². The molecule has 3 heterocycles. The highest BCUT2D eigenvalue weighted by Crippen LogP contribution is 2.27. The molecule has 1 N–H and O–H groups in total. The molecule has 30 heavy (non-hydrogen) atoms. The molecule has 3 aromatic rings. The van der Waals surface area contributed by atoms with E-state index >= 15 is 0 Å². The summed E-state index contributed by atoms with van der Waals surface area (Å²) in [5.74, 6) is 0.704. The Bertz CT molecular complexity index is 992. The molecular weight excluding hydrogens is 405 g/mol. The van der Waals surface area contributed by atoms with Crippen molar-refractivity contribution in [3.8, 4) is 5.69 Å². The zero-order chi connectivity index (χ0) is 20.8. The van der Waals surface area contributed by atoms with Crippen molar-refractivity contribution in [2.45, 2.75) is 30.5 Å². The van der Waals surface area contributed by atoms with Crippen molar-refractivity contribution in [3.05, 3.63) is 66.0 Å². The lowest BCUT2D eigenvalue weighted by Crippen LogP contribution is -2.27. The second-order valence-electron chi connectivity index (χ2n) is 6.85. The molecule has 0 unspecified atom stereocenters. The molecule has 1 saturated heterocycles. The number of nitrogens with zero attached hydrogens (tertiary/aromatic N) is 4. The molecule has 0 aliphatic carbocycles. The van der Waals surface area contributed by atoms with Gasteiger partial charge in [0.25, 0.3) is 5.91 Å². The molecule has 9 heteroatoms. The third-order valence-corrected chi connectivity index (χ3v) is 5.81. The summed E-state index contributed by atoms with van der Waals surface area (Å²) in [4.78, 5) is 16.2. The van der Waals surface area contributed by atoms with Crippen LogP contribution in [-0.2, 0) is 11.2 Å². The van der Waals surface area contributed by atoms with E-state index in [1.807, 2.05) is 0 Å². The molecule has 1 aliphatic heterocycles. The SMILES string of the molecule is O=C(NCCc1nnc(SC[C@@H]2CCCO2)n1-c1ccccc1F)c1ccccn1. The minimum atomic E-state index is -0.352. The minimum absolute atomic E-state index is 0.182. The molecule has 1 aliphatic rings. The molecule has 0 saturated carbocycles. The Morgan fingerprint density at radius 3 is 2.87 bits per heavy atom. The molecule has 4 rings (SSSR count). The van der Waals surface area contributed by atoms with Crippen molar-refractivity contribution in [2.24, 2.45) is 0 Å². The second kappa shape index (κ2) is 9.82. The number of thioether (sulfide) groups is 1. The zero-order valence-corrected chi connectivity index (χ0v) is 17.1. The molecule has 1 fully saturated rings. The van der Waals surface area contributed by atoms with E-state index in [2.05, 4.69) is 20.5 Å². The van der Waals surface area contributed by atoms with Gasteiger partial charge >= 0.3 is 0 Å². The number of hydrogen-bond acceptors (Lipinski definition) is 6. The Labute approximate surface area is 178 Å². The molecule has 1 aromatic carbocycles. The number of carbonyl (C=O) groups excluding carboxylic acids is 1. The number of amides is 1. The first-order valence-electron chi connectivity index (χ1n) is 9.85. The highest BCUT2D eigenvalue weighted by Gasteiger charge is 2.21. The maximum Gasteiger partial charge on any atom is 0.269 e. The molecule has 1 amide bonds. The number of carbonyl (C=O) groups is 1. The molecule has 7 nitrogen and oxygen atoms in total. The third kappa shape index (κ3) is 4.85. The van der Waals surface area contributed by atoms with Crippen LogP contribution in [0.4, 0.5) is 4.39 Å². The smallest absolute Gasteiger partial charge is 0.269 e. The lowest BCUT2D eigenvalue weighted by molar-refractivity contribution is 0.0949. The van der Waals surface area contributed by atoms with E-state index in [1.54, 1.807) is 47.2 Å². The van der Waals surface area contributed by atoms with Crippen LogP contribution in [0.1, 0.15) is 29.2 Å². The van der Waals surface area contributed by atoms with Gasteiger partial charge in [0.1, 0.15) is 17.3 Å². The normalized spacial score (nSPS) is 16.0. The van der Waals surface area contributed by atoms with Gasteiger partial charge in [0.15, 0.2) is 5.16 Å². The van der Waals surface area contributed by atoms with Gasteiger partial charge < -0.3 is 10.1 Å². The number of pyridine rings is 1. The summed E-state index contributed by atoms with van der Waals surface area (Å²) in [5, 5.41) is 12.0. The van der Waals surface area contributed by atoms with Crippen LogP contribution < -0.4 is 5.32 Å². The van der Waals surface area contributed by atoms with E-state index in [0.29, 0.717) is 35.3 Å². The Morgan fingerprint density at radius 1 is 1.23 bits per heavy atom. The van der Waals surface area contributed by atoms with E-state index < -0.39 is 0 Å². The fourth-order valence-corrected chi connectivity index (χ4v) is 4.28. The molecule has 1 atom stereocenters. The Balaban J connectivity index is 1.49. The molecule has 2 aromatic heterocycles. The van der Waals surface area contributed by atoms with E-state index in [1.165, 1.54) is 17.8 Å².